The SMILES string of the molecule is CON=C(C(=O)OC)C(Cc1ccccc1[N+](=O)[O-])C(C)=O. The van der Waals surface area contributed by atoms with Crippen molar-refractivity contribution in [3.8, 4) is 0 Å². The molecule has 8 nitrogen and oxygen atoms in total. The monoisotopic (exact) mass is 308 g/mol. The van der Waals surface area contributed by atoms with Crippen LogP contribution < -0.4 is 0 Å². The Morgan fingerprint density at radius 3 is 2.45 bits per heavy atom. The smallest absolute Gasteiger partial charge is 0.356 e. The summed E-state index contributed by atoms with van der Waals surface area (Å²) in [6.45, 7) is 1.27. The fourth-order valence-corrected chi connectivity index (χ4v) is 1.96. The van der Waals surface area contributed by atoms with E-state index in [0.717, 1.165) is 7.11 Å². The summed E-state index contributed by atoms with van der Waals surface area (Å²) in [6.07, 6.45) is -0.0518. The number of benzene rings is 1. The Labute approximate surface area is 126 Å². The van der Waals surface area contributed by atoms with Gasteiger partial charge in [-0.2, -0.15) is 0 Å². The number of methoxy groups -OCH3 is 1. The molecule has 1 unspecified atom stereocenters. The second kappa shape index (κ2) is 7.87. The number of Topliss-reactive ketones (excluding diaryl/α,β-unsaturated/α-hetero) is 1. The second-order valence-corrected chi connectivity index (χ2v) is 4.40. The molecule has 1 aromatic rings. The molecule has 0 amide bonds. The van der Waals surface area contributed by atoms with Crippen LogP contribution in [0, 0.1) is 16.0 Å². The van der Waals surface area contributed by atoms with Crippen molar-refractivity contribution in [2.24, 2.45) is 11.1 Å². The zero-order valence-corrected chi connectivity index (χ0v) is 12.4. The number of ketones is 1. The van der Waals surface area contributed by atoms with E-state index in [1.54, 1.807) is 6.07 Å². The predicted octanol–water partition coefficient (Wildman–Crippen LogP) is 1.52. The van der Waals surface area contributed by atoms with Crippen LogP contribution in [-0.4, -0.2) is 36.6 Å². The number of esters is 1. The molecule has 0 radical (unpaired) electrons. The highest BCUT2D eigenvalue weighted by Gasteiger charge is 2.31. The summed E-state index contributed by atoms with van der Waals surface area (Å²) in [6, 6.07) is 5.99. The number of nitro benzene ring substituents is 1. The molecule has 1 aromatic carbocycles. The van der Waals surface area contributed by atoms with Gasteiger partial charge >= 0.3 is 5.97 Å². The van der Waals surface area contributed by atoms with Gasteiger partial charge in [-0.1, -0.05) is 23.4 Å². The van der Waals surface area contributed by atoms with E-state index in [2.05, 4.69) is 14.7 Å². The average Bonchev–Trinajstić information content (AvgIpc) is 2.49. The van der Waals surface area contributed by atoms with Crippen molar-refractivity contribution >= 4 is 23.2 Å². The normalized spacial score (nSPS) is 12.4. The van der Waals surface area contributed by atoms with Crippen LogP contribution in [0.2, 0.25) is 0 Å². The van der Waals surface area contributed by atoms with E-state index in [1.165, 1.54) is 32.2 Å². The molecule has 0 saturated heterocycles. The second-order valence-electron chi connectivity index (χ2n) is 4.40. The van der Waals surface area contributed by atoms with E-state index in [0.29, 0.717) is 5.56 Å². The van der Waals surface area contributed by atoms with Gasteiger partial charge in [0.1, 0.15) is 12.9 Å². The first-order valence-corrected chi connectivity index (χ1v) is 6.34. The Morgan fingerprint density at radius 1 is 1.32 bits per heavy atom. The third-order valence-corrected chi connectivity index (χ3v) is 3.02. The fraction of sp³-hybridized carbons (Fsp3) is 0.357. The van der Waals surface area contributed by atoms with Crippen LogP contribution in [-0.2, 0) is 25.6 Å². The minimum atomic E-state index is -0.992. The molecular weight excluding hydrogens is 292 g/mol. The van der Waals surface area contributed by atoms with Crippen LogP contribution >= 0.6 is 0 Å². The summed E-state index contributed by atoms with van der Waals surface area (Å²) in [4.78, 5) is 38.7. The first-order valence-electron chi connectivity index (χ1n) is 6.34. The summed E-state index contributed by atoms with van der Waals surface area (Å²) < 4.78 is 4.58. The summed E-state index contributed by atoms with van der Waals surface area (Å²) in [5.74, 6) is -2.19. The highest BCUT2D eigenvalue weighted by molar-refractivity contribution is 6.40. The van der Waals surface area contributed by atoms with E-state index in [1.807, 2.05) is 0 Å². The van der Waals surface area contributed by atoms with Crippen LogP contribution in [0.1, 0.15) is 12.5 Å². The van der Waals surface area contributed by atoms with Gasteiger partial charge in [-0.15, -0.1) is 0 Å². The van der Waals surface area contributed by atoms with Gasteiger partial charge in [-0.25, -0.2) is 4.79 Å². The molecule has 0 saturated carbocycles. The first kappa shape index (κ1) is 17.3. The molecule has 0 aliphatic carbocycles. The van der Waals surface area contributed by atoms with Crippen molar-refractivity contribution in [3.63, 3.8) is 0 Å². The third kappa shape index (κ3) is 4.11. The Hall–Kier alpha value is -2.77. The van der Waals surface area contributed by atoms with E-state index in [4.69, 9.17) is 0 Å². The maximum atomic E-state index is 11.9. The lowest BCUT2D eigenvalue weighted by Crippen LogP contribution is -2.32. The lowest BCUT2D eigenvalue weighted by Gasteiger charge is -2.14. The van der Waals surface area contributed by atoms with Gasteiger partial charge in [0.2, 0.25) is 0 Å². The average molecular weight is 308 g/mol. The topological polar surface area (TPSA) is 108 Å². The lowest BCUT2D eigenvalue weighted by molar-refractivity contribution is -0.385. The highest BCUT2D eigenvalue weighted by atomic mass is 16.6. The summed E-state index contributed by atoms with van der Waals surface area (Å²) in [7, 11) is 2.38. The summed E-state index contributed by atoms with van der Waals surface area (Å²) in [5, 5.41) is 14.6. The van der Waals surface area contributed by atoms with Crippen molar-refractivity contribution in [1.29, 1.82) is 0 Å². The van der Waals surface area contributed by atoms with Crippen LogP contribution in [0.15, 0.2) is 29.4 Å². The number of hydrogen-bond donors (Lipinski definition) is 0. The van der Waals surface area contributed by atoms with Gasteiger partial charge in [0, 0.05) is 11.6 Å². The molecule has 8 heteroatoms. The third-order valence-electron chi connectivity index (χ3n) is 3.02. The Morgan fingerprint density at radius 2 is 1.95 bits per heavy atom. The molecule has 0 aliphatic rings. The number of hydrogen-bond acceptors (Lipinski definition) is 7. The van der Waals surface area contributed by atoms with E-state index in [9.17, 15) is 19.7 Å². The Balaban J connectivity index is 3.23. The number of nitro groups is 1. The molecule has 0 spiro atoms. The molecule has 0 N–H and O–H groups in total. The van der Waals surface area contributed by atoms with Crippen LogP contribution in [0.3, 0.4) is 0 Å². The maximum Gasteiger partial charge on any atom is 0.356 e. The molecule has 1 rings (SSSR count). The summed E-state index contributed by atoms with van der Waals surface area (Å²) in [5.41, 5.74) is -0.0357. The molecule has 1 atom stereocenters. The molecule has 118 valence electrons. The van der Waals surface area contributed by atoms with Gasteiger partial charge in [0.05, 0.1) is 18.0 Å². The largest absolute Gasteiger partial charge is 0.464 e. The molecule has 0 aromatic heterocycles. The molecular formula is C14H16N2O6. The van der Waals surface area contributed by atoms with Crippen molar-refractivity contribution in [1.82, 2.24) is 0 Å². The van der Waals surface area contributed by atoms with Gasteiger partial charge in [-0.05, 0) is 13.3 Å². The van der Waals surface area contributed by atoms with Gasteiger partial charge in [0.25, 0.3) is 5.69 Å². The standard InChI is InChI=1S/C14H16N2O6/c1-9(17)11(13(15-22-3)14(18)21-2)8-10-6-4-5-7-12(10)16(19)20/h4-7,11H,8H2,1-3H3. The number of rotatable bonds is 7. The van der Waals surface area contributed by atoms with Gasteiger partial charge in [0.15, 0.2) is 5.71 Å². The maximum absolute atomic E-state index is 11.9. The number of carbonyl (C=O) groups excluding carboxylic acids is 2. The van der Waals surface area contributed by atoms with Crippen LogP contribution in [0.25, 0.3) is 0 Å². The van der Waals surface area contributed by atoms with Crippen molar-refractivity contribution in [2.75, 3.05) is 14.2 Å². The highest BCUT2D eigenvalue weighted by Crippen LogP contribution is 2.22. The minimum absolute atomic E-state index is 0.0518. The number of ether oxygens (including phenoxy) is 1. The molecule has 0 heterocycles. The predicted molar refractivity (Wildman–Crippen MR) is 77.4 cm³/mol. The molecule has 0 fully saturated rings. The van der Waals surface area contributed by atoms with Crippen molar-refractivity contribution in [2.45, 2.75) is 13.3 Å². The zero-order valence-electron chi connectivity index (χ0n) is 12.4. The Bertz CT molecular complexity index is 611. The van der Waals surface area contributed by atoms with E-state index in [-0.39, 0.29) is 23.6 Å². The molecule has 0 bridgehead atoms. The van der Waals surface area contributed by atoms with Crippen molar-refractivity contribution < 1.29 is 24.1 Å². The first-order chi connectivity index (χ1) is 10.4. The van der Waals surface area contributed by atoms with Gasteiger partial charge < -0.3 is 9.57 Å². The number of carbonyl (C=O) groups is 2. The molecule has 22 heavy (non-hydrogen) atoms. The van der Waals surface area contributed by atoms with Crippen LogP contribution in [0.5, 0.6) is 0 Å². The fourth-order valence-electron chi connectivity index (χ4n) is 1.96. The van der Waals surface area contributed by atoms with Gasteiger partial charge in [-0.3, -0.25) is 14.9 Å². The Kier molecular flexibility index (Phi) is 6.18. The zero-order chi connectivity index (χ0) is 16.7. The summed E-state index contributed by atoms with van der Waals surface area (Å²) >= 11 is 0. The molecule has 0 aliphatic heterocycles. The van der Waals surface area contributed by atoms with E-state index < -0.39 is 16.8 Å². The minimum Gasteiger partial charge on any atom is -0.464 e. The quantitative estimate of drug-likeness (QED) is 0.327. The van der Waals surface area contributed by atoms with E-state index >= 15 is 0 Å². The van der Waals surface area contributed by atoms with Crippen LogP contribution in [0.4, 0.5) is 5.69 Å². The number of nitrogens with zero attached hydrogens (tertiary/aromatic N) is 2. The number of oxime groups is 1. The van der Waals surface area contributed by atoms with Crippen molar-refractivity contribution in [3.05, 3.63) is 39.9 Å². The number of para-hydroxylation sites is 1. The lowest BCUT2D eigenvalue weighted by atomic mass is 9.90.